The Kier molecular flexibility index (Phi) is 14.6. The topological polar surface area (TPSA) is 215 Å². The number of benzene rings is 2. The Morgan fingerprint density at radius 1 is 0.917 bits per heavy atom. The highest BCUT2D eigenvalue weighted by molar-refractivity contribution is 7.15. The second kappa shape index (κ2) is 20.9. The molecule has 2 fully saturated rings. The number of thiazole rings is 1. The van der Waals surface area contributed by atoms with Gasteiger partial charge in [0.05, 0.1) is 40.5 Å². The van der Waals surface area contributed by atoms with Crippen molar-refractivity contribution >= 4 is 63.6 Å². The van der Waals surface area contributed by atoms with Crippen LogP contribution in [0.15, 0.2) is 77.4 Å². The van der Waals surface area contributed by atoms with E-state index >= 15 is 0 Å². The molecule has 17 nitrogen and oxygen atoms in total. The molecule has 4 aromatic heterocycles. The molecule has 0 radical (unpaired) electrons. The van der Waals surface area contributed by atoms with Gasteiger partial charge >= 0.3 is 0 Å². The van der Waals surface area contributed by atoms with Crippen molar-refractivity contribution in [3.63, 3.8) is 0 Å². The fraction of sp³-hybridized carbons (Fsp3) is 0.404. The van der Waals surface area contributed by atoms with Crippen LogP contribution in [0.2, 0.25) is 5.02 Å². The maximum Gasteiger partial charge on any atom is 0.258 e. The number of aliphatic hydroxyl groups excluding tert-OH is 1. The monoisotopic (exact) mass is 1030 g/mol. The summed E-state index contributed by atoms with van der Waals surface area (Å²) >= 11 is 9.48. The van der Waals surface area contributed by atoms with E-state index in [1.165, 1.54) is 11.1 Å². The van der Waals surface area contributed by atoms with Gasteiger partial charge in [-0.3, -0.25) is 28.7 Å². The van der Waals surface area contributed by atoms with Crippen molar-refractivity contribution in [2.45, 2.75) is 117 Å². The van der Waals surface area contributed by atoms with Crippen LogP contribution < -0.4 is 25.4 Å². The number of aliphatic hydroxyl groups is 1. The Hall–Kier alpha value is -6.54. The summed E-state index contributed by atoms with van der Waals surface area (Å²) in [7, 11) is 0. The number of aryl methyl sites for hydroxylation is 3. The number of nitrogens with zero attached hydrogens (tertiary/aromatic N) is 7. The van der Waals surface area contributed by atoms with Crippen LogP contribution in [0, 0.1) is 33.1 Å². The molecule has 9 rings (SSSR count). The highest BCUT2D eigenvalue weighted by Crippen LogP contribution is 2.40. The van der Waals surface area contributed by atoms with Gasteiger partial charge in [0.2, 0.25) is 23.6 Å². The molecule has 6 heterocycles. The number of pyridine rings is 1. The number of thiophene rings is 1. The number of hydrogen-bond acceptors (Lipinski definition) is 14. The maximum absolute atomic E-state index is 14.1. The average molecular weight is 1030 g/mol. The minimum Gasteiger partial charge on any atom is -0.482 e. The van der Waals surface area contributed by atoms with Crippen LogP contribution in [-0.4, -0.2) is 108 Å². The van der Waals surface area contributed by atoms with Gasteiger partial charge < -0.3 is 35.4 Å². The molecule has 6 aromatic rings. The first-order valence-corrected chi connectivity index (χ1v) is 25.9. The van der Waals surface area contributed by atoms with E-state index in [1.807, 2.05) is 93.2 Å². The van der Waals surface area contributed by atoms with Crippen molar-refractivity contribution in [1.82, 2.24) is 45.6 Å². The van der Waals surface area contributed by atoms with E-state index in [9.17, 15) is 24.3 Å². The van der Waals surface area contributed by atoms with E-state index in [0.717, 1.165) is 59.8 Å². The summed E-state index contributed by atoms with van der Waals surface area (Å²) in [4.78, 5) is 72.1. The highest BCUT2D eigenvalue weighted by Gasteiger charge is 2.45. The number of rotatable bonds is 15. The van der Waals surface area contributed by atoms with Gasteiger partial charge in [-0.15, -0.1) is 32.9 Å². The normalized spacial score (nSPS) is 19.8. The average Bonchev–Trinajstić information content (AvgIpc) is 4.11. The van der Waals surface area contributed by atoms with Crippen molar-refractivity contribution in [3.8, 4) is 27.1 Å². The largest absolute Gasteiger partial charge is 0.482 e. The first-order valence-electron chi connectivity index (χ1n) is 23.9. The number of carbonyl (C=O) groups excluding carboxylic acids is 4. The van der Waals surface area contributed by atoms with E-state index < -0.39 is 48.1 Å². The van der Waals surface area contributed by atoms with Crippen LogP contribution in [0.1, 0.15) is 97.0 Å². The number of fused-ring (bicyclic) bond motifs is 3. The number of amides is 4. The zero-order chi connectivity index (χ0) is 51.0. The second-order valence-electron chi connectivity index (χ2n) is 19.6. The Labute approximate surface area is 430 Å². The Morgan fingerprint density at radius 2 is 1.65 bits per heavy atom. The van der Waals surface area contributed by atoms with E-state index in [0.29, 0.717) is 35.3 Å². The fourth-order valence-electron chi connectivity index (χ4n) is 9.20. The van der Waals surface area contributed by atoms with Crippen molar-refractivity contribution in [1.29, 1.82) is 0 Å². The number of aromatic nitrogens is 5. The van der Waals surface area contributed by atoms with Gasteiger partial charge in [0, 0.05) is 65.5 Å². The lowest BCUT2D eigenvalue weighted by Gasteiger charge is -2.35. The molecule has 376 valence electrons. The zero-order valence-corrected chi connectivity index (χ0v) is 43.5. The minimum atomic E-state index is -1.02. The molecule has 0 spiro atoms. The van der Waals surface area contributed by atoms with Crippen molar-refractivity contribution in [2.24, 2.45) is 10.4 Å². The first-order chi connectivity index (χ1) is 34.4. The summed E-state index contributed by atoms with van der Waals surface area (Å²) in [5.74, 6) is 0.440. The molecule has 3 aliphatic rings. The SMILES string of the molecule is Cc1ncsc1-c1ccc(CNC(=O)[C@@H]2C[C@@H](O)CN2C(=O)C(NC(=O)COc2ccc(O[C@H]3C[C@@H](NC(=O)C[C@@H]4N=C(c5ccc(Cl)cc5)c5c(sc(C)c5C)-n5c(C)nnc54)C3)nc2)C(C)(C)C)cc1. The van der Waals surface area contributed by atoms with E-state index in [1.54, 1.807) is 34.8 Å². The Morgan fingerprint density at radius 3 is 2.33 bits per heavy atom. The van der Waals surface area contributed by atoms with Gasteiger partial charge in [0.15, 0.2) is 12.4 Å². The molecule has 1 aliphatic carbocycles. The Bertz CT molecular complexity index is 3010. The molecule has 1 saturated carbocycles. The van der Waals surface area contributed by atoms with Crippen molar-refractivity contribution in [2.75, 3.05) is 13.2 Å². The summed E-state index contributed by atoms with van der Waals surface area (Å²) in [6.45, 7) is 13.3. The molecule has 20 heteroatoms. The highest BCUT2D eigenvalue weighted by atomic mass is 35.5. The van der Waals surface area contributed by atoms with Crippen LogP contribution in [0.3, 0.4) is 0 Å². The van der Waals surface area contributed by atoms with E-state index in [4.69, 9.17) is 26.1 Å². The summed E-state index contributed by atoms with van der Waals surface area (Å²) in [5, 5.41) is 30.0. The molecule has 72 heavy (non-hydrogen) atoms. The third-order valence-corrected chi connectivity index (χ3v) is 15.7. The van der Waals surface area contributed by atoms with Gasteiger partial charge in [-0.05, 0) is 68.0 Å². The third-order valence-electron chi connectivity index (χ3n) is 13.3. The van der Waals surface area contributed by atoms with Gasteiger partial charge in [-0.2, -0.15) is 0 Å². The smallest absolute Gasteiger partial charge is 0.258 e. The molecule has 0 bridgehead atoms. The quantitative estimate of drug-likeness (QED) is 0.0828. The zero-order valence-electron chi connectivity index (χ0n) is 41.1. The molecule has 1 saturated heterocycles. The van der Waals surface area contributed by atoms with Crippen molar-refractivity contribution < 1.29 is 33.8 Å². The molecular formula is C52H57ClN10O7S2. The van der Waals surface area contributed by atoms with E-state index in [2.05, 4.69) is 50.0 Å². The number of carbonyl (C=O) groups is 4. The molecule has 2 aliphatic heterocycles. The molecular weight excluding hydrogens is 976 g/mol. The molecule has 1 unspecified atom stereocenters. The number of β-amino-alcohol motifs (C(OH)–C–C–N with tert-alkyl or cyclic N) is 1. The summed E-state index contributed by atoms with van der Waals surface area (Å²) in [6, 6.07) is 16.1. The summed E-state index contributed by atoms with van der Waals surface area (Å²) in [5.41, 5.74) is 7.74. The standard InChI is InChI=1S/C52H57ClN10O7S2/c1-27-29(3)72-51-44(27)45(32-12-14-34(53)15-13-32)58-39(48-61-60-30(4)63(48)51)21-41(65)57-35-18-38(19-35)70-43-17-16-37(23-54-43)69-25-42(66)59-47(52(5,6)7)50(68)62-24-36(64)20-40(62)49(67)55-22-31-8-10-33(11-9-31)46-28(2)56-26-71-46/h8-17,23,26,35-36,38-40,47,64H,18-22,24-25H2,1-7H3,(H,55,67)(H,57,65)(H,59,66)/t35-,36-,38+,39+,40+,47?/m1/s1. The van der Waals surface area contributed by atoms with Crippen molar-refractivity contribution in [3.05, 3.63) is 122 Å². The lowest BCUT2D eigenvalue weighted by Crippen LogP contribution is -2.58. The number of nitrogens with one attached hydrogen (secondary N) is 3. The van der Waals surface area contributed by atoms with Crippen LogP contribution in [0.25, 0.3) is 15.4 Å². The predicted molar refractivity (Wildman–Crippen MR) is 275 cm³/mol. The van der Waals surface area contributed by atoms with Crippen LogP contribution in [0.4, 0.5) is 0 Å². The number of halogens is 1. The van der Waals surface area contributed by atoms with Gasteiger partial charge in [0.25, 0.3) is 5.91 Å². The van der Waals surface area contributed by atoms with Crippen LogP contribution in [0.5, 0.6) is 11.6 Å². The Balaban J connectivity index is 0.744. The lowest BCUT2D eigenvalue weighted by molar-refractivity contribution is -0.144. The van der Waals surface area contributed by atoms with Crippen LogP contribution in [-0.2, 0) is 25.7 Å². The number of likely N-dealkylation sites (tertiary alicyclic amines) is 1. The third kappa shape index (κ3) is 10.9. The molecule has 2 aromatic carbocycles. The second-order valence-corrected chi connectivity index (χ2v) is 22.1. The fourth-order valence-corrected chi connectivity index (χ4v) is 11.4. The molecule has 4 amide bonds. The van der Waals surface area contributed by atoms with E-state index in [-0.39, 0.29) is 49.9 Å². The minimum absolute atomic E-state index is 0.0415. The molecule has 4 N–H and O–H groups in total. The number of ether oxygens (including phenoxy) is 2. The van der Waals surface area contributed by atoms with Gasteiger partial charge in [-0.25, -0.2) is 9.97 Å². The van der Waals surface area contributed by atoms with Gasteiger partial charge in [-0.1, -0.05) is 68.8 Å². The maximum atomic E-state index is 14.1. The van der Waals surface area contributed by atoms with Crippen LogP contribution >= 0.6 is 34.3 Å². The lowest BCUT2D eigenvalue weighted by atomic mass is 9.85. The summed E-state index contributed by atoms with van der Waals surface area (Å²) < 4.78 is 13.9. The first kappa shape index (κ1) is 50.4. The summed E-state index contributed by atoms with van der Waals surface area (Å²) in [6.07, 6.45) is 1.70. The molecule has 4 atom stereocenters. The predicted octanol–water partition coefficient (Wildman–Crippen LogP) is 6.93. The number of hydrogen-bond donors (Lipinski definition) is 4. The number of aliphatic imine (C=N–C) groups is 1. The van der Waals surface area contributed by atoms with Gasteiger partial charge in [0.1, 0.15) is 40.8 Å².